The Kier molecular flexibility index (Phi) is 6.06. The van der Waals surface area contributed by atoms with E-state index in [-0.39, 0.29) is 5.91 Å². The normalized spacial score (nSPS) is 14.7. The van der Waals surface area contributed by atoms with E-state index in [0.29, 0.717) is 36.1 Å². The second-order valence-electron chi connectivity index (χ2n) is 7.33. The molecule has 30 heavy (non-hydrogen) atoms. The number of halogens is 1. The van der Waals surface area contributed by atoms with E-state index >= 15 is 0 Å². The number of ether oxygens (including phenoxy) is 1. The van der Waals surface area contributed by atoms with Gasteiger partial charge in [0.25, 0.3) is 5.91 Å². The summed E-state index contributed by atoms with van der Waals surface area (Å²) in [6.45, 7) is 5.56. The summed E-state index contributed by atoms with van der Waals surface area (Å²) in [6.07, 6.45) is 0. The van der Waals surface area contributed by atoms with Gasteiger partial charge in [-0.15, -0.1) is 0 Å². The molecular weight excluding hydrogens is 402 g/mol. The summed E-state index contributed by atoms with van der Waals surface area (Å²) in [4.78, 5) is 21.6. The van der Waals surface area contributed by atoms with E-state index in [1.165, 1.54) is 0 Å². The molecule has 4 rings (SSSR count). The van der Waals surface area contributed by atoms with Gasteiger partial charge in [-0.25, -0.2) is 4.98 Å². The second kappa shape index (κ2) is 8.90. The van der Waals surface area contributed by atoms with Gasteiger partial charge in [-0.05, 0) is 49.4 Å². The van der Waals surface area contributed by atoms with Crippen LogP contribution >= 0.6 is 11.6 Å². The summed E-state index contributed by atoms with van der Waals surface area (Å²) in [6, 6.07) is 14.8. The van der Waals surface area contributed by atoms with E-state index < -0.39 is 0 Å². The fraction of sp³-hybridized carbons (Fsp3) is 0.304. The van der Waals surface area contributed by atoms with Crippen LogP contribution in [0.1, 0.15) is 21.8 Å². The molecule has 0 bridgehead atoms. The number of aryl methyl sites for hydroxylation is 1. The van der Waals surface area contributed by atoms with Crippen molar-refractivity contribution < 1.29 is 13.9 Å². The minimum atomic E-state index is 0.0246. The quantitative estimate of drug-likeness (QED) is 0.611. The monoisotopic (exact) mass is 425 g/mol. The maximum Gasteiger partial charge on any atom is 0.253 e. The second-order valence-corrected chi connectivity index (χ2v) is 7.77. The van der Waals surface area contributed by atoms with Crippen LogP contribution in [0.4, 0.5) is 0 Å². The lowest BCUT2D eigenvalue weighted by molar-refractivity contribution is 0.0626. The predicted molar refractivity (Wildman–Crippen MR) is 116 cm³/mol. The first-order valence-electron chi connectivity index (χ1n) is 9.91. The van der Waals surface area contributed by atoms with Crippen molar-refractivity contribution in [3.63, 3.8) is 0 Å². The number of benzene rings is 2. The van der Waals surface area contributed by atoms with Crippen molar-refractivity contribution >= 4 is 17.5 Å². The molecule has 2 aromatic carbocycles. The zero-order valence-corrected chi connectivity index (χ0v) is 17.9. The molecule has 0 aliphatic carbocycles. The maximum absolute atomic E-state index is 12.7. The van der Waals surface area contributed by atoms with E-state index in [9.17, 15) is 4.79 Å². The van der Waals surface area contributed by atoms with Crippen LogP contribution in [0.2, 0.25) is 5.02 Å². The third-order valence-corrected chi connectivity index (χ3v) is 5.57. The van der Waals surface area contributed by atoms with Crippen LogP contribution in [0.3, 0.4) is 0 Å². The van der Waals surface area contributed by atoms with Crippen molar-refractivity contribution in [2.24, 2.45) is 0 Å². The first kappa shape index (κ1) is 20.4. The molecule has 7 heteroatoms. The first-order chi connectivity index (χ1) is 14.5. The summed E-state index contributed by atoms with van der Waals surface area (Å²) < 4.78 is 11.1. The van der Waals surface area contributed by atoms with Crippen LogP contribution in [0, 0.1) is 6.92 Å². The summed E-state index contributed by atoms with van der Waals surface area (Å²) in [5, 5.41) is 0.577. The Balaban J connectivity index is 1.37. The van der Waals surface area contributed by atoms with Crippen LogP contribution in [0.15, 0.2) is 52.9 Å². The number of piperazine rings is 1. The number of rotatable bonds is 5. The summed E-state index contributed by atoms with van der Waals surface area (Å²) in [7, 11) is 1.64. The number of aromatic nitrogens is 1. The van der Waals surface area contributed by atoms with Crippen molar-refractivity contribution in [2.45, 2.75) is 13.5 Å². The standard InChI is InChI=1S/C23H24ClN3O3/c1-16-21(25-22(30-16)17-6-8-20(29-2)9-7-17)15-26-10-12-27(13-11-26)23(28)18-4-3-5-19(24)14-18/h3-9,14H,10-13,15H2,1-2H3. The van der Waals surface area contributed by atoms with Crippen LogP contribution in [-0.2, 0) is 6.54 Å². The lowest BCUT2D eigenvalue weighted by Gasteiger charge is -2.34. The van der Waals surface area contributed by atoms with Gasteiger partial charge in [0.2, 0.25) is 5.89 Å². The van der Waals surface area contributed by atoms with Crippen LogP contribution in [0.25, 0.3) is 11.5 Å². The molecule has 2 heterocycles. The highest BCUT2D eigenvalue weighted by molar-refractivity contribution is 6.30. The average molecular weight is 426 g/mol. The van der Waals surface area contributed by atoms with Crippen molar-refractivity contribution in [1.29, 1.82) is 0 Å². The molecule has 1 saturated heterocycles. The van der Waals surface area contributed by atoms with Gasteiger partial charge in [0.05, 0.1) is 12.8 Å². The number of carbonyl (C=O) groups excluding carboxylic acids is 1. The molecule has 0 radical (unpaired) electrons. The number of amides is 1. The maximum atomic E-state index is 12.7. The Morgan fingerprint density at radius 2 is 1.87 bits per heavy atom. The summed E-state index contributed by atoms with van der Waals surface area (Å²) >= 11 is 6.02. The molecule has 1 aliphatic rings. The molecule has 1 aromatic heterocycles. The van der Waals surface area contributed by atoms with Gasteiger partial charge in [0.1, 0.15) is 11.5 Å². The molecule has 6 nitrogen and oxygen atoms in total. The molecule has 0 atom stereocenters. The highest BCUT2D eigenvalue weighted by Crippen LogP contribution is 2.25. The highest BCUT2D eigenvalue weighted by Gasteiger charge is 2.24. The topological polar surface area (TPSA) is 58.8 Å². The SMILES string of the molecule is COc1ccc(-c2nc(CN3CCN(C(=O)c4cccc(Cl)c4)CC3)c(C)o2)cc1. The fourth-order valence-electron chi connectivity index (χ4n) is 3.56. The first-order valence-corrected chi connectivity index (χ1v) is 10.3. The lowest BCUT2D eigenvalue weighted by atomic mass is 10.2. The Labute approximate surface area is 181 Å². The molecule has 3 aromatic rings. The number of oxazole rings is 1. The molecule has 1 amide bonds. The predicted octanol–water partition coefficient (Wildman–Crippen LogP) is 4.27. The summed E-state index contributed by atoms with van der Waals surface area (Å²) in [5.74, 6) is 2.25. The minimum absolute atomic E-state index is 0.0246. The number of carbonyl (C=O) groups is 1. The molecule has 156 valence electrons. The molecule has 1 fully saturated rings. The van der Waals surface area contributed by atoms with Gasteiger partial charge in [-0.3, -0.25) is 9.69 Å². The van der Waals surface area contributed by atoms with E-state index in [4.69, 9.17) is 25.7 Å². The number of hydrogen-bond acceptors (Lipinski definition) is 5. The van der Waals surface area contributed by atoms with Crippen LogP contribution < -0.4 is 4.74 Å². The number of methoxy groups -OCH3 is 1. The minimum Gasteiger partial charge on any atom is -0.497 e. The van der Waals surface area contributed by atoms with Gasteiger partial charge in [0, 0.05) is 48.9 Å². The van der Waals surface area contributed by atoms with Crippen LogP contribution in [-0.4, -0.2) is 54.0 Å². The fourth-order valence-corrected chi connectivity index (χ4v) is 3.75. The Morgan fingerprint density at radius 1 is 1.13 bits per heavy atom. The number of hydrogen-bond donors (Lipinski definition) is 0. The highest BCUT2D eigenvalue weighted by atomic mass is 35.5. The molecular formula is C23H24ClN3O3. The van der Waals surface area contributed by atoms with Gasteiger partial charge in [-0.2, -0.15) is 0 Å². The van der Waals surface area contributed by atoms with Crippen molar-refractivity contribution in [2.75, 3.05) is 33.3 Å². The third-order valence-electron chi connectivity index (χ3n) is 5.33. The molecule has 0 saturated carbocycles. The van der Waals surface area contributed by atoms with Crippen molar-refractivity contribution in [1.82, 2.24) is 14.8 Å². The molecule has 0 N–H and O–H groups in total. The van der Waals surface area contributed by atoms with Crippen molar-refractivity contribution in [3.05, 3.63) is 70.6 Å². The third kappa shape index (κ3) is 4.50. The Bertz CT molecular complexity index is 1020. The van der Waals surface area contributed by atoms with Gasteiger partial charge in [-0.1, -0.05) is 17.7 Å². The zero-order chi connectivity index (χ0) is 21.1. The Morgan fingerprint density at radius 3 is 2.53 bits per heavy atom. The van der Waals surface area contributed by atoms with Gasteiger partial charge >= 0.3 is 0 Å². The van der Waals surface area contributed by atoms with Gasteiger partial charge < -0.3 is 14.1 Å². The Hall–Kier alpha value is -2.83. The van der Waals surface area contributed by atoms with E-state index in [1.807, 2.05) is 36.1 Å². The number of nitrogens with zero attached hydrogens (tertiary/aromatic N) is 3. The summed E-state index contributed by atoms with van der Waals surface area (Å²) in [5.41, 5.74) is 2.48. The van der Waals surface area contributed by atoms with E-state index in [2.05, 4.69) is 4.90 Å². The molecule has 0 spiro atoms. The largest absolute Gasteiger partial charge is 0.497 e. The van der Waals surface area contributed by atoms with Crippen LogP contribution in [0.5, 0.6) is 5.75 Å². The zero-order valence-electron chi connectivity index (χ0n) is 17.1. The molecule has 1 aliphatic heterocycles. The smallest absolute Gasteiger partial charge is 0.253 e. The van der Waals surface area contributed by atoms with E-state index in [1.54, 1.807) is 31.4 Å². The van der Waals surface area contributed by atoms with Crippen molar-refractivity contribution in [3.8, 4) is 17.2 Å². The lowest BCUT2D eigenvalue weighted by Crippen LogP contribution is -2.48. The van der Waals surface area contributed by atoms with Gasteiger partial charge in [0.15, 0.2) is 0 Å². The van der Waals surface area contributed by atoms with E-state index in [0.717, 1.165) is 35.9 Å². The molecule has 0 unspecified atom stereocenters. The average Bonchev–Trinajstić information content (AvgIpc) is 3.14.